The van der Waals surface area contributed by atoms with Gasteiger partial charge in [-0.15, -0.1) is 0 Å². The van der Waals surface area contributed by atoms with E-state index in [1.807, 2.05) is 30.3 Å². The molecule has 0 heterocycles. The molecule has 0 aromatic heterocycles. The van der Waals surface area contributed by atoms with E-state index in [1.165, 1.54) is 0 Å². The second-order valence-electron chi connectivity index (χ2n) is 8.95. The third kappa shape index (κ3) is 10.1. The van der Waals surface area contributed by atoms with Crippen molar-refractivity contribution in [1.82, 2.24) is 10.8 Å². The molecule has 8 heteroatoms. The number of aliphatic hydroxyl groups is 1. The molecule has 0 aliphatic rings. The lowest BCUT2D eigenvalue weighted by Gasteiger charge is -2.34. The summed E-state index contributed by atoms with van der Waals surface area (Å²) >= 11 is 0. The van der Waals surface area contributed by atoms with Crippen LogP contribution in [0.15, 0.2) is 30.3 Å². The predicted molar refractivity (Wildman–Crippen MR) is 118 cm³/mol. The van der Waals surface area contributed by atoms with Crippen molar-refractivity contribution in [3.8, 4) is 0 Å². The second kappa shape index (κ2) is 12.6. The van der Waals surface area contributed by atoms with Crippen LogP contribution in [0.4, 0.5) is 4.79 Å². The molecule has 0 spiro atoms. The lowest BCUT2D eigenvalue weighted by atomic mass is 9.81. The maximum absolute atomic E-state index is 12.3. The Morgan fingerprint density at radius 2 is 1.74 bits per heavy atom. The SMILES string of the molecule is CCOC(=O)C(C)(C)[C@@H](O)[C@H](CCCNOCc1ccccc1)NC(=O)OC(C)(C)C. The Morgan fingerprint density at radius 3 is 2.32 bits per heavy atom. The van der Waals surface area contributed by atoms with Crippen LogP contribution < -0.4 is 10.8 Å². The van der Waals surface area contributed by atoms with Gasteiger partial charge >= 0.3 is 12.1 Å². The van der Waals surface area contributed by atoms with Gasteiger partial charge in [-0.3, -0.25) is 9.63 Å². The molecule has 0 bridgehead atoms. The zero-order valence-electron chi connectivity index (χ0n) is 19.6. The first kappa shape index (κ1) is 26.9. The number of benzene rings is 1. The van der Waals surface area contributed by atoms with Crippen LogP contribution in [0.5, 0.6) is 0 Å². The minimum atomic E-state index is -1.20. The highest BCUT2D eigenvalue weighted by Gasteiger charge is 2.42. The van der Waals surface area contributed by atoms with E-state index in [4.69, 9.17) is 14.3 Å². The summed E-state index contributed by atoms with van der Waals surface area (Å²) in [7, 11) is 0. The summed E-state index contributed by atoms with van der Waals surface area (Å²) in [6.45, 7) is 11.3. The summed E-state index contributed by atoms with van der Waals surface area (Å²) in [4.78, 5) is 30.1. The van der Waals surface area contributed by atoms with Gasteiger partial charge in [0.2, 0.25) is 0 Å². The van der Waals surface area contributed by atoms with Gasteiger partial charge in [0.05, 0.1) is 30.8 Å². The number of hydrogen-bond acceptors (Lipinski definition) is 7. The number of alkyl carbamates (subject to hydrolysis) is 1. The molecule has 0 saturated heterocycles. The third-order valence-corrected chi connectivity index (χ3v) is 4.60. The van der Waals surface area contributed by atoms with Crippen molar-refractivity contribution in [3.63, 3.8) is 0 Å². The first-order valence-electron chi connectivity index (χ1n) is 10.7. The molecule has 1 aromatic carbocycles. The van der Waals surface area contributed by atoms with Gasteiger partial charge in [0.15, 0.2) is 0 Å². The van der Waals surface area contributed by atoms with E-state index in [0.29, 0.717) is 26.0 Å². The Balaban J connectivity index is 2.64. The Bertz CT molecular complexity index is 672. The fourth-order valence-electron chi connectivity index (χ4n) is 2.88. The highest BCUT2D eigenvalue weighted by atomic mass is 16.6. The van der Waals surface area contributed by atoms with Crippen LogP contribution in [0.2, 0.25) is 0 Å². The van der Waals surface area contributed by atoms with Gasteiger partial charge in [-0.2, -0.15) is 0 Å². The van der Waals surface area contributed by atoms with Crippen molar-refractivity contribution in [2.24, 2.45) is 5.41 Å². The molecule has 2 atom stereocenters. The fourth-order valence-corrected chi connectivity index (χ4v) is 2.88. The van der Waals surface area contributed by atoms with E-state index < -0.39 is 35.2 Å². The normalized spacial score (nSPS) is 13.9. The highest BCUT2D eigenvalue weighted by Crippen LogP contribution is 2.27. The molecule has 1 aromatic rings. The molecule has 0 aliphatic heterocycles. The predicted octanol–water partition coefficient (Wildman–Crippen LogP) is 3.33. The summed E-state index contributed by atoms with van der Waals surface area (Å²) in [5.74, 6) is -0.525. The van der Waals surface area contributed by atoms with Gasteiger partial charge in [0, 0.05) is 6.54 Å². The molecule has 0 saturated carbocycles. The number of hydrogen-bond donors (Lipinski definition) is 3. The van der Waals surface area contributed by atoms with Crippen LogP contribution >= 0.6 is 0 Å². The van der Waals surface area contributed by atoms with Crippen molar-refractivity contribution in [2.45, 2.75) is 78.7 Å². The summed E-state index contributed by atoms with van der Waals surface area (Å²) in [5, 5.41) is 13.6. The van der Waals surface area contributed by atoms with Crippen molar-refractivity contribution in [3.05, 3.63) is 35.9 Å². The fraction of sp³-hybridized carbons (Fsp3) is 0.652. The van der Waals surface area contributed by atoms with Gasteiger partial charge in [-0.05, 0) is 59.9 Å². The zero-order valence-corrected chi connectivity index (χ0v) is 19.6. The standard InChI is InChI=1S/C23H38N2O6/c1-7-29-20(27)23(5,6)19(26)18(25-21(28)31-22(2,3)4)14-11-15-24-30-16-17-12-9-8-10-13-17/h8-10,12-13,18-19,24,26H,7,11,14-16H2,1-6H3,(H,25,28)/t18-,19-/m0/s1. The number of carbonyl (C=O) groups is 2. The maximum Gasteiger partial charge on any atom is 0.407 e. The van der Waals surface area contributed by atoms with Crippen LogP contribution in [0.1, 0.15) is 59.9 Å². The molecule has 1 rings (SSSR count). The van der Waals surface area contributed by atoms with Crippen molar-refractivity contribution in [1.29, 1.82) is 0 Å². The number of esters is 1. The van der Waals surface area contributed by atoms with E-state index in [-0.39, 0.29) is 6.61 Å². The van der Waals surface area contributed by atoms with E-state index in [2.05, 4.69) is 10.8 Å². The zero-order chi connectivity index (χ0) is 23.5. The number of hydroxylamine groups is 1. The van der Waals surface area contributed by atoms with E-state index >= 15 is 0 Å². The number of nitrogens with one attached hydrogen (secondary N) is 2. The second-order valence-corrected chi connectivity index (χ2v) is 8.95. The number of aliphatic hydroxyl groups excluding tert-OH is 1. The smallest absolute Gasteiger partial charge is 0.407 e. The Hall–Kier alpha value is -2.16. The number of ether oxygens (including phenoxy) is 2. The first-order chi connectivity index (χ1) is 14.5. The maximum atomic E-state index is 12.3. The van der Waals surface area contributed by atoms with Gasteiger partial charge in [0.1, 0.15) is 5.60 Å². The molecule has 0 aliphatic carbocycles. The van der Waals surface area contributed by atoms with E-state index in [1.54, 1.807) is 41.5 Å². The Kier molecular flexibility index (Phi) is 11.0. The number of rotatable bonds is 12. The van der Waals surface area contributed by atoms with Gasteiger partial charge in [-0.1, -0.05) is 30.3 Å². The van der Waals surface area contributed by atoms with Gasteiger partial charge in [-0.25, -0.2) is 10.3 Å². The third-order valence-electron chi connectivity index (χ3n) is 4.60. The summed E-state index contributed by atoms with van der Waals surface area (Å²) in [6.07, 6.45) is -0.815. The molecular formula is C23H38N2O6. The lowest BCUT2D eigenvalue weighted by molar-refractivity contribution is -0.161. The van der Waals surface area contributed by atoms with Gasteiger partial charge < -0.3 is 19.9 Å². The van der Waals surface area contributed by atoms with Crippen molar-refractivity contribution in [2.75, 3.05) is 13.2 Å². The summed E-state index contributed by atoms with van der Waals surface area (Å²) < 4.78 is 10.4. The van der Waals surface area contributed by atoms with Crippen LogP contribution in [0.25, 0.3) is 0 Å². The summed E-state index contributed by atoms with van der Waals surface area (Å²) in [5.41, 5.74) is 2.05. The molecule has 1 amide bonds. The van der Waals surface area contributed by atoms with Crippen LogP contribution in [0, 0.1) is 5.41 Å². The molecule has 0 fully saturated rings. The number of amides is 1. The topological polar surface area (TPSA) is 106 Å². The average molecular weight is 439 g/mol. The largest absolute Gasteiger partial charge is 0.466 e. The van der Waals surface area contributed by atoms with E-state index in [9.17, 15) is 14.7 Å². The molecule has 176 valence electrons. The minimum absolute atomic E-state index is 0.210. The molecule has 0 radical (unpaired) electrons. The highest BCUT2D eigenvalue weighted by molar-refractivity contribution is 5.77. The molecule has 3 N–H and O–H groups in total. The molecule has 0 unspecified atom stereocenters. The van der Waals surface area contributed by atoms with Crippen LogP contribution in [-0.4, -0.2) is 48.1 Å². The first-order valence-corrected chi connectivity index (χ1v) is 10.7. The summed E-state index contributed by atoms with van der Waals surface area (Å²) in [6, 6.07) is 9.06. The lowest BCUT2D eigenvalue weighted by Crippen LogP contribution is -2.53. The van der Waals surface area contributed by atoms with Crippen LogP contribution in [0.3, 0.4) is 0 Å². The van der Waals surface area contributed by atoms with Gasteiger partial charge in [0.25, 0.3) is 0 Å². The van der Waals surface area contributed by atoms with Crippen molar-refractivity contribution >= 4 is 12.1 Å². The molecule has 31 heavy (non-hydrogen) atoms. The quantitative estimate of drug-likeness (QED) is 0.261. The minimum Gasteiger partial charge on any atom is -0.466 e. The van der Waals surface area contributed by atoms with E-state index in [0.717, 1.165) is 5.56 Å². The monoisotopic (exact) mass is 438 g/mol. The van der Waals surface area contributed by atoms with Crippen molar-refractivity contribution < 1.29 is 29.0 Å². The molecular weight excluding hydrogens is 400 g/mol. The number of carbonyl (C=O) groups excluding carboxylic acids is 2. The molecule has 8 nitrogen and oxygen atoms in total. The Labute approximate surface area is 185 Å². The Morgan fingerprint density at radius 1 is 1.10 bits per heavy atom. The van der Waals surface area contributed by atoms with Crippen LogP contribution in [-0.2, 0) is 25.7 Å². The average Bonchev–Trinajstić information content (AvgIpc) is 2.68.